The first-order valence-electron chi connectivity index (χ1n) is 13.5. The third kappa shape index (κ3) is 5.93. The molecule has 2 aliphatic rings. The Bertz CT molecular complexity index is 1150. The van der Waals surface area contributed by atoms with Crippen LogP contribution in [0.1, 0.15) is 49.7 Å². The molecule has 4 rings (SSSR count). The van der Waals surface area contributed by atoms with Crippen LogP contribution in [0.15, 0.2) is 54.6 Å². The summed E-state index contributed by atoms with van der Waals surface area (Å²) < 4.78 is 49.3. The topological polar surface area (TPSA) is 61.9 Å². The number of carbonyl (C=O) groups excluding carboxylic acids is 2. The van der Waals surface area contributed by atoms with E-state index in [1.165, 1.54) is 29.2 Å². The first kappa shape index (κ1) is 28.9. The summed E-state index contributed by atoms with van der Waals surface area (Å²) in [5.41, 5.74) is -2.19. The van der Waals surface area contributed by atoms with Crippen molar-refractivity contribution in [2.75, 3.05) is 46.9 Å². The molecule has 1 unspecified atom stereocenters. The van der Waals surface area contributed by atoms with Crippen molar-refractivity contribution in [3.63, 3.8) is 0 Å². The standard InChI is InChI=1S/C30H38F3N3O3/c1-28(30(31,32)33,22-10-5-4-6-11-22)27(38)36-17-14-29(15-18-36)20-26(37)34-21-24(29)23-12-7-8-13-25(23)39-19-9-16-35(2)3/h4-8,10-13,24H,9,14-21H2,1-3H3,(H,34,37)/t24?,28-/m0/s1. The van der Waals surface area contributed by atoms with Crippen LogP contribution in [-0.4, -0.2) is 74.7 Å². The molecule has 2 aromatic carbocycles. The van der Waals surface area contributed by atoms with Gasteiger partial charge in [-0.2, -0.15) is 13.2 Å². The monoisotopic (exact) mass is 545 g/mol. The Morgan fingerprint density at radius 3 is 2.36 bits per heavy atom. The maximum absolute atomic E-state index is 14.4. The van der Waals surface area contributed by atoms with Gasteiger partial charge in [-0.1, -0.05) is 48.5 Å². The van der Waals surface area contributed by atoms with Gasteiger partial charge in [0, 0.05) is 38.5 Å². The molecule has 2 heterocycles. The van der Waals surface area contributed by atoms with Gasteiger partial charge in [0.15, 0.2) is 5.41 Å². The number of likely N-dealkylation sites (tertiary alicyclic amines) is 1. The first-order valence-corrected chi connectivity index (χ1v) is 13.5. The number of alkyl halides is 3. The molecule has 2 saturated heterocycles. The van der Waals surface area contributed by atoms with E-state index in [0.29, 0.717) is 26.0 Å². The van der Waals surface area contributed by atoms with Crippen molar-refractivity contribution >= 4 is 11.8 Å². The third-order valence-electron chi connectivity index (χ3n) is 8.45. The molecule has 2 fully saturated rings. The summed E-state index contributed by atoms with van der Waals surface area (Å²) in [5, 5.41) is 2.98. The number of halogens is 3. The molecule has 0 aromatic heterocycles. The molecule has 2 amide bonds. The molecule has 0 aliphatic carbocycles. The zero-order valence-electron chi connectivity index (χ0n) is 22.9. The summed E-state index contributed by atoms with van der Waals surface area (Å²) >= 11 is 0. The lowest BCUT2D eigenvalue weighted by Crippen LogP contribution is -2.58. The van der Waals surface area contributed by atoms with Gasteiger partial charge in [0.25, 0.3) is 0 Å². The molecular weight excluding hydrogens is 507 g/mol. The Hall–Kier alpha value is -3.07. The fraction of sp³-hybridized carbons (Fsp3) is 0.533. The maximum Gasteiger partial charge on any atom is 0.406 e. The van der Waals surface area contributed by atoms with Crippen LogP contribution in [0, 0.1) is 5.41 Å². The highest BCUT2D eigenvalue weighted by Gasteiger charge is 2.60. The van der Waals surface area contributed by atoms with E-state index >= 15 is 0 Å². The second-order valence-electron chi connectivity index (χ2n) is 11.2. The fourth-order valence-electron chi connectivity index (χ4n) is 6.02. The number of hydrogen-bond acceptors (Lipinski definition) is 4. The lowest BCUT2D eigenvalue weighted by molar-refractivity contribution is -0.198. The Labute approximate surface area is 228 Å². The largest absolute Gasteiger partial charge is 0.493 e. The molecule has 212 valence electrons. The average molecular weight is 546 g/mol. The number of piperidine rings is 2. The van der Waals surface area contributed by atoms with Gasteiger partial charge in [0.05, 0.1) is 6.61 Å². The van der Waals surface area contributed by atoms with Crippen molar-refractivity contribution in [2.24, 2.45) is 5.41 Å². The lowest BCUT2D eigenvalue weighted by Gasteiger charge is -2.50. The summed E-state index contributed by atoms with van der Waals surface area (Å²) in [6, 6.07) is 15.2. The van der Waals surface area contributed by atoms with Gasteiger partial charge in [-0.15, -0.1) is 0 Å². The highest BCUT2D eigenvalue weighted by molar-refractivity contribution is 5.89. The second-order valence-corrected chi connectivity index (χ2v) is 11.2. The molecule has 39 heavy (non-hydrogen) atoms. The van der Waals surface area contributed by atoms with Crippen molar-refractivity contribution in [2.45, 2.75) is 50.1 Å². The summed E-state index contributed by atoms with van der Waals surface area (Å²) in [6.07, 6.45) is -2.74. The molecule has 2 aromatic rings. The smallest absolute Gasteiger partial charge is 0.406 e. The van der Waals surface area contributed by atoms with Crippen molar-refractivity contribution in [1.29, 1.82) is 0 Å². The Kier molecular flexibility index (Phi) is 8.59. The van der Waals surface area contributed by atoms with Crippen LogP contribution in [-0.2, 0) is 15.0 Å². The van der Waals surface area contributed by atoms with Gasteiger partial charge in [0.1, 0.15) is 5.75 Å². The minimum atomic E-state index is -4.75. The van der Waals surface area contributed by atoms with Crippen molar-refractivity contribution in [1.82, 2.24) is 15.1 Å². The van der Waals surface area contributed by atoms with E-state index in [1.54, 1.807) is 6.07 Å². The van der Waals surface area contributed by atoms with Crippen LogP contribution in [0.5, 0.6) is 5.75 Å². The third-order valence-corrected chi connectivity index (χ3v) is 8.45. The van der Waals surface area contributed by atoms with Crippen LogP contribution in [0.25, 0.3) is 0 Å². The van der Waals surface area contributed by atoms with Gasteiger partial charge in [-0.25, -0.2) is 0 Å². The van der Waals surface area contributed by atoms with E-state index in [0.717, 1.165) is 31.2 Å². The lowest BCUT2D eigenvalue weighted by atomic mass is 9.62. The fourth-order valence-corrected chi connectivity index (χ4v) is 6.02. The number of para-hydroxylation sites is 1. The number of amides is 2. The quantitative estimate of drug-likeness (QED) is 0.487. The molecule has 2 atom stereocenters. The SMILES string of the molecule is CN(C)CCCOc1ccccc1C1CNC(=O)CC12CCN(C(=O)[C@](C)(c1ccccc1)C(F)(F)F)CC2. The van der Waals surface area contributed by atoms with Crippen LogP contribution < -0.4 is 10.1 Å². The molecular formula is C30H38F3N3O3. The molecule has 6 nitrogen and oxygen atoms in total. The molecule has 0 saturated carbocycles. The number of benzene rings is 2. The van der Waals surface area contributed by atoms with E-state index < -0.39 is 22.9 Å². The van der Waals surface area contributed by atoms with E-state index in [1.807, 2.05) is 38.4 Å². The Morgan fingerprint density at radius 2 is 1.72 bits per heavy atom. The Morgan fingerprint density at radius 1 is 1.08 bits per heavy atom. The number of hydrogen-bond donors (Lipinski definition) is 1. The number of ether oxygens (including phenoxy) is 1. The maximum atomic E-state index is 14.4. The second kappa shape index (κ2) is 11.6. The van der Waals surface area contributed by atoms with Crippen molar-refractivity contribution < 1.29 is 27.5 Å². The summed E-state index contributed by atoms with van der Waals surface area (Å²) in [6.45, 7) is 3.17. The summed E-state index contributed by atoms with van der Waals surface area (Å²) in [7, 11) is 4.02. The van der Waals surface area contributed by atoms with Crippen LogP contribution >= 0.6 is 0 Å². The number of nitrogens with zero attached hydrogens (tertiary/aromatic N) is 2. The molecule has 9 heteroatoms. The van der Waals surface area contributed by atoms with Crippen LogP contribution in [0.3, 0.4) is 0 Å². The van der Waals surface area contributed by atoms with E-state index in [2.05, 4.69) is 10.2 Å². The average Bonchev–Trinajstić information content (AvgIpc) is 2.91. The van der Waals surface area contributed by atoms with Gasteiger partial charge < -0.3 is 19.9 Å². The van der Waals surface area contributed by atoms with Crippen molar-refractivity contribution in [3.05, 3.63) is 65.7 Å². The van der Waals surface area contributed by atoms with Gasteiger partial charge in [-0.05, 0) is 62.9 Å². The number of carbonyl (C=O) groups is 2. The molecule has 1 spiro atoms. The molecule has 0 radical (unpaired) electrons. The molecule has 0 bridgehead atoms. The highest BCUT2D eigenvalue weighted by Crippen LogP contribution is 2.51. The van der Waals surface area contributed by atoms with Crippen LogP contribution in [0.2, 0.25) is 0 Å². The predicted octanol–water partition coefficient (Wildman–Crippen LogP) is 4.75. The minimum Gasteiger partial charge on any atom is -0.493 e. The number of nitrogens with one attached hydrogen (secondary N) is 1. The van der Waals surface area contributed by atoms with E-state index in [9.17, 15) is 22.8 Å². The molecule has 1 N–H and O–H groups in total. The first-order chi connectivity index (χ1) is 18.5. The van der Waals surface area contributed by atoms with Gasteiger partial charge in [-0.3, -0.25) is 9.59 Å². The highest BCUT2D eigenvalue weighted by atomic mass is 19.4. The predicted molar refractivity (Wildman–Crippen MR) is 144 cm³/mol. The molecule has 2 aliphatic heterocycles. The Balaban J connectivity index is 1.55. The zero-order valence-corrected chi connectivity index (χ0v) is 22.9. The minimum absolute atomic E-state index is 0.0689. The normalized spacial score (nSPS) is 20.9. The summed E-state index contributed by atoms with van der Waals surface area (Å²) in [4.78, 5) is 29.5. The van der Waals surface area contributed by atoms with Crippen LogP contribution in [0.4, 0.5) is 13.2 Å². The van der Waals surface area contributed by atoms with E-state index in [4.69, 9.17) is 4.74 Å². The zero-order chi connectivity index (χ0) is 28.3. The van der Waals surface area contributed by atoms with Crippen molar-refractivity contribution in [3.8, 4) is 5.75 Å². The van der Waals surface area contributed by atoms with E-state index in [-0.39, 0.29) is 36.9 Å². The summed E-state index contributed by atoms with van der Waals surface area (Å²) in [5.74, 6) is -0.318. The number of rotatable bonds is 8. The van der Waals surface area contributed by atoms with Gasteiger partial charge >= 0.3 is 6.18 Å². The van der Waals surface area contributed by atoms with Gasteiger partial charge in [0.2, 0.25) is 11.8 Å².